The molecular formula is C20H22N4O4S3. The smallest absolute Gasteiger partial charge is 0.353 e. The van der Waals surface area contributed by atoms with Gasteiger partial charge in [0.1, 0.15) is 11.3 Å². The van der Waals surface area contributed by atoms with Gasteiger partial charge >= 0.3 is 5.97 Å². The van der Waals surface area contributed by atoms with Gasteiger partial charge in [0.05, 0.1) is 10.2 Å². The minimum absolute atomic E-state index is 0.0613. The fraction of sp³-hybridized carbons (Fsp3) is 0.350. The van der Waals surface area contributed by atoms with E-state index < -0.39 is 22.3 Å². The number of thiazole rings is 2. The standard InChI is InChI=1S/C20H22N4O4S3/c1-19(2,3)27-16(26)20(4,5)28-24-14(12-10-29-17(21)22-12)15(25)31-18-23-11-8-6-7-9-13(11)30-18/h6-10H,1-5H3,(H2,21,22)/b24-14+. The van der Waals surface area contributed by atoms with E-state index in [1.165, 1.54) is 36.5 Å². The number of esters is 1. The summed E-state index contributed by atoms with van der Waals surface area (Å²) in [5, 5.41) is 5.45. The Kier molecular flexibility index (Phi) is 6.68. The molecule has 3 rings (SSSR count). The van der Waals surface area contributed by atoms with Crippen molar-refractivity contribution in [2.24, 2.45) is 5.16 Å². The van der Waals surface area contributed by atoms with Crippen LogP contribution in [0.1, 0.15) is 40.3 Å². The summed E-state index contributed by atoms with van der Waals surface area (Å²) in [4.78, 5) is 39.6. The first-order valence-corrected chi connectivity index (χ1v) is 11.7. The number of nitrogens with zero attached hydrogens (tertiary/aromatic N) is 3. The van der Waals surface area contributed by atoms with Crippen molar-refractivity contribution in [1.82, 2.24) is 9.97 Å². The zero-order valence-corrected chi connectivity index (χ0v) is 20.1. The molecule has 164 valence electrons. The van der Waals surface area contributed by atoms with Gasteiger partial charge < -0.3 is 15.3 Å². The average Bonchev–Trinajstić information content (AvgIpc) is 3.25. The summed E-state index contributed by atoms with van der Waals surface area (Å²) < 4.78 is 6.90. The largest absolute Gasteiger partial charge is 0.457 e. The van der Waals surface area contributed by atoms with Crippen LogP contribution in [0.15, 0.2) is 39.1 Å². The van der Waals surface area contributed by atoms with Gasteiger partial charge in [-0.1, -0.05) is 17.3 Å². The molecule has 1 aromatic carbocycles. The van der Waals surface area contributed by atoms with Crippen LogP contribution < -0.4 is 5.73 Å². The second-order valence-electron chi connectivity index (χ2n) is 7.95. The van der Waals surface area contributed by atoms with Crippen molar-refractivity contribution in [2.75, 3.05) is 5.73 Å². The Morgan fingerprint density at radius 3 is 2.45 bits per heavy atom. The third kappa shape index (κ3) is 6.02. The second kappa shape index (κ2) is 8.93. The Morgan fingerprint density at radius 2 is 1.84 bits per heavy atom. The summed E-state index contributed by atoms with van der Waals surface area (Å²) in [5.74, 6) is -0.604. The van der Waals surface area contributed by atoms with E-state index in [9.17, 15) is 9.59 Å². The quantitative estimate of drug-likeness (QED) is 0.238. The van der Waals surface area contributed by atoms with Gasteiger partial charge in [-0.3, -0.25) is 4.79 Å². The number of fused-ring (bicyclic) bond motifs is 1. The van der Waals surface area contributed by atoms with Crippen LogP contribution >= 0.6 is 34.4 Å². The van der Waals surface area contributed by atoms with Crippen LogP contribution in [-0.2, 0) is 19.2 Å². The zero-order valence-electron chi connectivity index (χ0n) is 17.7. The number of oxime groups is 1. The van der Waals surface area contributed by atoms with E-state index in [0.29, 0.717) is 4.34 Å². The monoisotopic (exact) mass is 478 g/mol. The van der Waals surface area contributed by atoms with Crippen molar-refractivity contribution < 1.29 is 19.2 Å². The lowest BCUT2D eigenvalue weighted by molar-refractivity contribution is -0.179. The number of hydrogen-bond donors (Lipinski definition) is 1. The number of carbonyl (C=O) groups is 2. The normalized spacial score (nSPS) is 12.7. The molecule has 0 saturated heterocycles. The molecule has 0 saturated carbocycles. The predicted octanol–water partition coefficient (Wildman–Crippen LogP) is 4.49. The van der Waals surface area contributed by atoms with Crippen molar-refractivity contribution in [2.45, 2.75) is 50.2 Å². The van der Waals surface area contributed by atoms with Crippen molar-refractivity contribution in [3.8, 4) is 0 Å². The van der Waals surface area contributed by atoms with Gasteiger partial charge in [-0.05, 0) is 58.5 Å². The fourth-order valence-electron chi connectivity index (χ4n) is 2.21. The number of ether oxygens (including phenoxy) is 1. The molecular weight excluding hydrogens is 456 g/mol. The summed E-state index contributed by atoms with van der Waals surface area (Å²) in [6.07, 6.45) is 0. The molecule has 2 heterocycles. The van der Waals surface area contributed by atoms with Crippen LogP contribution in [0.5, 0.6) is 0 Å². The van der Waals surface area contributed by atoms with Crippen LogP contribution in [0.25, 0.3) is 10.2 Å². The van der Waals surface area contributed by atoms with Crippen molar-refractivity contribution >= 4 is 66.6 Å². The minimum Gasteiger partial charge on any atom is -0.457 e. The van der Waals surface area contributed by atoms with Crippen molar-refractivity contribution in [3.63, 3.8) is 0 Å². The van der Waals surface area contributed by atoms with Crippen LogP contribution in [0.4, 0.5) is 5.13 Å². The molecule has 0 radical (unpaired) electrons. The van der Waals surface area contributed by atoms with Gasteiger partial charge in [0.15, 0.2) is 15.2 Å². The maximum atomic E-state index is 13.0. The molecule has 0 spiro atoms. The Bertz CT molecular complexity index is 1110. The van der Waals surface area contributed by atoms with Gasteiger partial charge in [-0.25, -0.2) is 14.8 Å². The highest BCUT2D eigenvalue weighted by atomic mass is 32.2. The number of aromatic nitrogens is 2. The van der Waals surface area contributed by atoms with E-state index in [0.717, 1.165) is 22.0 Å². The van der Waals surface area contributed by atoms with E-state index in [1.807, 2.05) is 24.3 Å². The minimum atomic E-state index is -1.42. The Hall–Kier alpha value is -2.50. The van der Waals surface area contributed by atoms with Crippen LogP contribution in [0.3, 0.4) is 0 Å². The maximum Gasteiger partial charge on any atom is 0.353 e. The van der Waals surface area contributed by atoms with Crippen molar-refractivity contribution in [3.05, 3.63) is 35.3 Å². The summed E-state index contributed by atoms with van der Waals surface area (Å²) in [5.41, 5.74) is 4.64. The Morgan fingerprint density at radius 1 is 1.13 bits per heavy atom. The molecule has 0 fully saturated rings. The molecule has 31 heavy (non-hydrogen) atoms. The zero-order chi connectivity index (χ0) is 22.8. The molecule has 0 bridgehead atoms. The summed E-state index contributed by atoms with van der Waals surface area (Å²) in [7, 11) is 0. The van der Waals surface area contributed by atoms with E-state index in [1.54, 1.807) is 26.2 Å². The van der Waals surface area contributed by atoms with Crippen LogP contribution in [-0.4, -0.2) is 38.0 Å². The highest BCUT2D eigenvalue weighted by Gasteiger charge is 2.36. The van der Waals surface area contributed by atoms with Crippen LogP contribution in [0.2, 0.25) is 0 Å². The highest BCUT2D eigenvalue weighted by molar-refractivity contribution is 8.16. The van der Waals surface area contributed by atoms with Gasteiger partial charge in [0.25, 0.3) is 0 Å². The summed E-state index contributed by atoms with van der Waals surface area (Å²) in [6.45, 7) is 8.30. The molecule has 0 unspecified atom stereocenters. The second-order valence-corrected chi connectivity index (χ2v) is 11.1. The Labute approximate surface area is 191 Å². The molecule has 11 heteroatoms. The molecule has 0 amide bonds. The molecule has 0 aliphatic rings. The number of benzene rings is 1. The molecule has 0 aliphatic heterocycles. The van der Waals surface area contributed by atoms with Gasteiger partial charge in [-0.15, -0.1) is 22.7 Å². The molecule has 2 aromatic heterocycles. The fourth-order valence-corrected chi connectivity index (χ4v) is 4.65. The van der Waals surface area contributed by atoms with Crippen LogP contribution in [0, 0.1) is 0 Å². The highest BCUT2D eigenvalue weighted by Crippen LogP contribution is 2.31. The molecule has 0 atom stereocenters. The summed E-state index contributed by atoms with van der Waals surface area (Å²) in [6, 6.07) is 7.61. The van der Waals surface area contributed by atoms with E-state index in [-0.39, 0.29) is 16.5 Å². The number of nitrogen functional groups attached to an aromatic ring is 1. The number of carbonyl (C=O) groups excluding carboxylic acids is 2. The number of para-hydroxylation sites is 1. The number of rotatable bonds is 6. The lowest BCUT2D eigenvalue weighted by atomic mass is 10.1. The SMILES string of the molecule is CC(C)(C)OC(=O)C(C)(C)O/N=C(/C(=O)Sc1nc2ccccc2s1)c1csc(N)n1. The predicted molar refractivity (Wildman–Crippen MR) is 125 cm³/mol. The topological polar surface area (TPSA) is 117 Å². The lowest BCUT2D eigenvalue weighted by Gasteiger charge is -2.26. The molecule has 2 N–H and O–H groups in total. The number of anilines is 1. The molecule has 0 aliphatic carbocycles. The molecule has 3 aromatic rings. The van der Waals surface area contributed by atoms with E-state index in [2.05, 4.69) is 15.1 Å². The Balaban J connectivity index is 1.85. The number of hydrogen-bond acceptors (Lipinski definition) is 11. The van der Waals surface area contributed by atoms with E-state index in [4.69, 9.17) is 15.3 Å². The van der Waals surface area contributed by atoms with Gasteiger partial charge in [0, 0.05) is 5.38 Å². The first-order valence-electron chi connectivity index (χ1n) is 9.23. The van der Waals surface area contributed by atoms with Crippen molar-refractivity contribution in [1.29, 1.82) is 0 Å². The first-order chi connectivity index (χ1) is 14.4. The van der Waals surface area contributed by atoms with E-state index >= 15 is 0 Å². The molecule has 8 nitrogen and oxygen atoms in total. The third-order valence-electron chi connectivity index (χ3n) is 3.67. The number of thioether (sulfide) groups is 1. The lowest BCUT2D eigenvalue weighted by Crippen LogP contribution is -2.40. The summed E-state index contributed by atoms with van der Waals surface area (Å²) >= 11 is 3.48. The maximum absolute atomic E-state index is 13.0. The average molecular weight is 479 g/mol. The first kappa shape index (κ1) is 23.2. The van der Waals surface area contributed by atoms with Gasteiger partial charge in [-0.2, -0.15) is 0 Å². The number of nitrogens with two attached hydrogens (primary N) is 1. The van der Waals surface area contributed by atoms with Gasteiger partial charge in [0.2, 0.25) is 10.7 Å². The third-order valence-corrected chi connectivity index (χ3v) is 6.32.